The Morgan fingerprint density at radius 3 is 2.43 bits per heavy atom. The van der Waals surface area contributed by atoms with Crippen LogP contribution in [0.2, 0.25) is 0 Å². The van der Waals surface area contributed by atoms with Gasteiger partial charge in [0.15, 0.2) is 0 Å². The van der Waals surface area contributed by atoms with Gasteiger partial charge in [-0.3, -0.25) is 19.3 Å². The van der Waals surface area contributed by atoms with Crippen LogP contribution in [0.3, 0.4) is 0 Å². The molecule has 2 rings (SSSR count). The van der Waals surface area contributed by atoms with Crippen LogP contribution in [-0.2, 0) is 14.4 Å². The molecule has 0 spiro atoms. The van der Waals surface area contributed by atoms with E-state index in [2.05, 4.69) is 5.32 Å². The van der Waals surface area contributed by atoms with Crippen molar-refractivity contribution in [2.75, 3.05) is 26.2 Å². The fraction of sp³-hybridized carbons (Fsp3) is 0.812. The summed E-state index contributed by atoms with van der Waals surface area (Å²) in [5.41, 5.74) is 5.34. The van der Waals surface area contributed by atoms with Gasteiger partial charge >= 0.3 is 0 Å². The van der Waals surface area contributed by atoms with Gasteiger partial charge in [-0.05, 0) is 25.7 Å². The Labute approximate surface area is 137 Å². The fourth-order valence-corrected chi connectivity index (χ4v) is 3.67. The number of carbonyl (C=O) groups is 3. The minimum absolute atomic E-state index is 0.0215. The molecular weight excluding hydrogens is 296 g/mol. The van der Waals surface area contributed by atoms with Crippen molar-refractivity contribution in [2.24, 2.45) is 5.73 Å². The van der Waals surface area contributed by atoms with Gasteiger partial charge in [-0.1, -0.05) is 12.8 Å². The summed E-state index contributed by atoms with van der Waals surface area (Å²) in [5, 5.41) is 2.89. The molecule has 0 aromatic rings. The molecule has 1 unspecified atom stereocenters. The van der Waals surface area contributed by atoms with Crippen molar-refractivity contribution in [2.45, 2.75) is 57.5 Å². The zero-order chi connectivity index (χ0) is 16.8. The molecule has 3 amide bonds. The van der Waals surface area contributed by atoms with Crippen molar-refractivity contribution in [3.8, 4) is 0 Å². The number of piperidine rings is 1. The zero-order valence-corrected chi connectivity index (χ0v) is 13.9. The average Bonchev–Trinajstić information content (AvgIpc) is 2.99. The van der Waals surface area contributed by atoms with E-state index in [1.165, 1.54) is 6.92 Å². The van der Waals surface area contributed by atoms with Crippen LogP contribution in [0.1, 0.15) is 45.4 Å². The molecule has 1 aliphatic carbocycles. The van der Waals surface area contributed by atoms with Gasteiger partial charge in [0.1, 0.15) is 0 Å². The highest BCUT2D eigenvalue weighted by Gasteiger charge is 2.29. The van der Waals surface area contributed by atoms with E-state index in [0.717, 1.165) is 38.5 Å². The average molecular weight is 324 g/mol. The molecule has 1 saturated carbocycles. The highest BCUT2D eigenvalue weighted by atomic mass is 16.2. The third-order valence-electron chi connectivity index (χ3n) is 4.72. The molecule has 0 radical (unpaired) electrons. The van der Waals surface area contributed by atoms with Crippen LogP contribution < -0.4 is 11.1 Å². The molecule has 1 atom stereocenters. The molecule has 2 aliphatic rings. The van der Waals surface area contributed by atoms with Crippen molar-refractivity contribution >= 4 is 17.7 Å². The maximum Gasteiger partial charge on any atom is 0.236 e. The minimum atomic E-state index is -0.389. The van der Waals surface area contributed by atoms with Gasteiger partial charge in [-0.15, -0.1) is 0 Å². The summed E-state index contributed by atoms with van der Waals surface area (Å²) in [6.45, 7) is 3.13. The van der Waals surface area contributed by atoms with Gasteiger partial charge in [-0.2, -0.15) is 0 Å². The first-order valence-electron chi connectivity index (χ1n) is 8.53. The van der Waals surface area contributed by atoms with E-state index in [1.807, 2.05) is 4.90 Å². The van der Waals surface area contributed by atoms with E-state index in [1.54, 1.807) is 4.90 Å². The lowest BCUT2D eigenvalue weighted by atomic mass is 10.1. The largest absolute Gasteiger partial charge is 0.369 e. The summed E-state index contributed by atoms with van der Waals surface area (Å²) >= 11 is 0. The van der Waals surface area contributed by atoms with E-state index in [4.69, 9.17) is 5.73 Å². The summed E-state index contributed by atoms with van der Waals surface area (Å²) in [4.78, 5) is 38.8. The molecule has 7 nitrogen and oxygen atoms in total. The van der Waals surface area contributed by atoms with Crippen LogP contribution in [-0.4, -0.2) is 65.8 Å². The molecule has 7 heteroatoms. The maximum atomic E-state index is 12.6. The van der Waals surface area contributed by atoms with Crippen molar-refractivity contribution in [1.29, 1.82) is 0 Å². The number of nitrogens with zero attached hydrogens (tertiary/aromatic N) is 2. The number of amides is 3. The molecule has 0 bridgehead atoms. The van der Waals surface area contributed by atoms with Gasteiger partial charge in [0.2, 0.25) is 17.7 Å². The minimum Gasteiger partial charge on any atom is -0.369 e. The zero-order valence-electron chi connectivity index (χ0n) is 13.9. The number of rotatable bonds is 6. The smallest absolute Gasteiger partial charge is 0.236 e. The highest BCUT2D eigenvalue weighted by Crippen LogP contribution is 2.23. The van der Waals surface area contributed by atoms with Gasteiger partial charge in [0.05, 0.1) is 13.1 Å². The Morgan fingerprint density at radius 2 is 1.83 bits per heavy atom. The quantitative estimate of drug-likeness (QED) is 0.710. The van der Waals surface area contributed by atoms with Crippen LogP contribution in [0.15, 0.2) is 0 Å². The number of hydrogen-bond acceptors (Lipinski definition) is 4. The first-order chi connectivity index (χ1) is 11.0. The number of primary amides is 1. The summed E-state index contributed by atoms with van der Waals surface area (Å²) in [7, 11) is 0. The normalized spacial score (nSPS) is 22.3. The van der Waals surface area contributed by atoms with Crippen molar-refractivity contribution in [3.63, 3.8) is 0 Å². The van der Waals surface area contributed by atoms with Crippen LogP contribution in [0.4, 0.5) is 0 Å². The topological polar surface area (TPSA) is 95.7 Å². The number of hydrogen-bond donors (Lipinski definition) is 2. The molecule has 0 aromatic heterocycles. The highest BCUT2D eigenvalue weighted by molar-refractivity contribution is 5.81. The molecular formula is C16H28N4O3. The second-order valence-corrected chi connectivity index (χ2v) is 6.69. The second kappa shape index (κ2) is 8.29. The molecule has 1 saturated heterocycles. The van der Waals surface area contributed by atoms with Crippen molar-refractivity contribution in [3.05, 3.63) is 0 Å². The molecule has 130 valence electrons. The first-order valence-corrected chi connectivity index (χ1v) is 8.53. The number of nitrogens with two attached hydrogens (primary N) is 1. The van der Waals surface area contributed by atoms with Gasteiger partial charge < -0.3 is 16.0 Å². The van der Waals surface area contributed by atoms with Crippen LogP contribution in [0, 0.1) is 0 Å². The second-order valence-electron chi connectivity index (χ2n) is 6.69. The lowest BCUT2D eigenvalue weighted by molar-refractivity contribution is -0.135. The predicted molar refractivity (Wildman–Crippen MR) is 86.4 cm³/mol. The molecule has 23 heavy (non-hydrogen) atoms. The van der Waals surface area contributed by atoms with Gasteiger partial charge in [0, 0.05) is 32.1 Å². The number of likely N-dealkylation sites (tertiary alicyclic amines) is 1. The SMILES string of the molecule is CC(=O)NC1CCCN(C(=O)CN(CC(N)=O)C2CCCC2)C1. The Morgan fingerprint density at radius 1 is 1.13 bits per heavy atom. The molecule has 3 N–H and O–H groups in total. The monoisotopic (exact) mass is 324 g/mol. The third-order valence-corrected chi connectivity index (χ3v) is 4.72. The number of nitrogens with one attached hydrogen (secondary N) is 1. The summed E-state index contributed by atoms with van der Waals surface area (Å²) in [5.74, 6) is -0.432. The van der Waals surface area contributed by atoms with Crippen LogP contribution in [0.5, 0.6) is 0 Å². The summed E-state index contributed by atoms with van der Waals surface area (Å²) in [6, 6.07) is 0.309. The lowest BCUT2D eigenvalue weighted by Gasteiger charge is -2.35. The van der Waals surface area contributed by atoms with Crippen LogP contribution >= 0.6 is 0 Å². The molecule has 2 fully saturated rings. The Hall–Kier alpha value is -1.63. The van der Waals surface area contributed by atoms with Crippen LogP contribution in [0.25, 0.3) is 0 Å². The summed E-state index contributed by atoms with van der Waals surface area (Å²) in [6.07, 6.45) is 6.11. The maximum absolute atomic E-state index is 12.6. The van der Waals surface area contributed by atoms with E-state index >= 15 is 0 Å². The Bertz CT molecular complexity index is 449. The number of carbonyl (C=O) groups excluding carboxylic acids is 3. The summed E-state index contributed by atoms with van der Waals surface area (Å²) < 4.78 is 0. The Balaban J connectivity index is 1.91. The molecule has 1 heterocycles. The molecule has 1 aliphatic heterocycles. The van der Waals surface area contributed by atoms with Gasteiger partial charge in [-0.25, -0.2) is 0 Å². The third kappa shape index (κ3) is 5.49. The van der Waals surface area contributed by atoms with E-state index in [-0.39, 0.29) is 42.9 Å². The fourth-order valence-electron chi connectivity index (χ4n) is 3.67. The lowest BCUT2D eigenvalue weighted by Crippen LogP contribution is -2.53. The van der Waals surface area contributed by atoms with Crippen molar-refractivity contribution in [1.82, 2.24) is 15.1 Å². The predicted octanol–water partition coefficient (Wildman–Crippen LogP) is -0.157. The van der Waals surface area contributed by atoms with Crippen molar-refractivity contribution < 1.29 is 14.4 Å². The van der Waals surface area contributed by atoms with E-state index in [9.17, 15) is 14.4 Å². The molecule has 0 aromatic carbocycles. The van der Waals surface area contributed by atoms with Gasteiger partial charge in [0.25, 0.3) is 0 Å². The first kappa shape index (κ1) is 17.7. The Kier molecular flexibility index (Phi) is 6.38. The van der Waals surface area contributed by atoms with E-state index < -0.39 is 0 Å². The van der Waals surface area contributed by atoms with E-state index in [0.29, 0.717) is 13.1 Å². The standard InChI is InChI=1S/C16H28N4O3/c1-12(21)18-13-5-4-8-19(9-13)16(23)11-20(10-15(17)22)14-6-2-3-7-14/h13-14H,2-11H2,1H3,(H2,17,22)(H,18,21).